The van der Waals surface area contributed by atoms with Crippen molar-refractivity contribution in [1.29, 1.82) is 0 Å². The Morgan fingerprint density at radius 3 is 1.59 bits per heavy atom. The summed E-state index contributed by atoms with van der Waals surface area (Å²) >= 11 is 0. The molecule has 0 saturated carbocycles. The van der Waals surface area contributed by atoms with Crippen molar-refractivity contribution in [3.63, 3.8) is 0 Å². The molecular weight excluding hydrogens is 832 g/mol. The van der Waals surface area contributed by atoms with Crippen LogP contribution in [0.5, 0.6) is 86.2 Å². The number of ether oxygens (including phenoxy) is 4. The largest absolute Gasteiger partial charge is 0.508 e. The lowest BCUT2D eigenvalue weighted by atomic mass is 9.77. The van der Waals surface area contributed by atoms with Crippen LogP contribution >= 0.6 is 0 Å². The molecule has 0 spiro atoms. The fourth-order valence-electron chi connectivity index (χ4n) is 7.68. The molecule has 6 aromatic carbocycles. The van der Waals surface area contributed by atoms with Crippen LogP contribution in [-0.2, 0) is 15.9 Å². The Bertz CT molecular complexity index is 2790. The van der Waals surface area contributed by atoms with Gasteiger partial charge in [-0.2, -0.15) is 0 Å². The van der Waals surface area contributed by atoms with Gasteiger partial charge < -0.3 is 85.3 Å². The van der Waals surface area contributed by atoms with E-state index in [1.807, 2.05) is 0 Å². The number of fused-ring (bicyclic) bond motifs is 2. The zero-order chi connectivity index (χ0) is 45.2. The van der Waals surface area contributed by atoms with Crippen molar-refractivity contribution in [2.75, 3.05) is 0 Å². The normalized spacial score (nSPS) is 18.8. The van der Waals surface area contributed by atoms with Gasteiger partial charge in [0.25, 0.3) is 0 Å². The van der Waals surface area contributed by atoms with Crippen LogP contribution < -0.4 is 9.47 Å². The minimum atomic E-state index is -1.74. The van der Waals surface area contributed by atoms with Crippen LogP contribution in [0.2, 0.25) is 0 Å². The van der Waals surface area contributed by atoms with Crippen molar-refractivity contribution >= 4 is 11.9 Å². The summed E-state index contributed by atoms with van der Waals surface area (Å²) in [5.41, 5.74) is -1.45. The summed E-state index contributed by atoms with van der Waals surface area (Å²) < 4.78 is 24.2. The van der Waals surface area contributed by atoms with E-state index in [4.69, 9.17) is 18.9 Å². The SMILES string of the molecule is O=C(O[C@@H]1[C@@H](c2c(O)cc3c(c2O)C[C@@H](OC(=O)c2cc(O)c(O)c(O)c2)[C@@H](c2ccc(O)c(O)c2)O3)c2c(O)cc(O)cc2O[C@@H]1c1ccc(O)cc1)c1cc(O)c(O)c(O)c1. The number of hydrogen-bond donors (Lipinski definition) is 13. The zero-order valence-electron chi connectivity index (χ0n) is 31.9. The molecule has 5 atom stereocenters. The first-order chi connectivity index (χ1) is 29.9. The van der Waals surface area contributed by atoms with E-state index >= 15 is 0 Å². The van der Waals surface area contributed by atoms with Gasteiger partial charge >= 0.3 is 11.9 Å². The number of esters is 2. The second kappa shape index (κ2) is 15.4. The minimum absolute atomic E-state index is 0.117. The molecule has 0 aromatic heterocycles. The van der Waals surface area contributed by atoms with Crippen LogP contribution in [-0.4, -0.2) is 90.5 Å². The van der Waals surface area contributed by atoms with Gasteiger partial charge in [-0.15, -0.1) is 0 Å². The molecule has 0 unspecified atom stereocenters. The molecule has 0 amide bonds. The average Bonchev–Trinajstić information content (AvgIpc) is 3.23. The topological polar surface area (TPSA) is 334 Å². The Kier molecular flexibility index (Phi) is 10.0. The standard InChI is InChI=1S/C44H34O19/c45-20-4-1-16(2-5-20)41-42(63-44(59)19-10-29(53)39(57)30(54)11-19)36(34-25(49)12-21(46)13-32(34)61-41)35-26(50)15-31-22(37(35)55)14-33(40(60-31)17-3-6-23(47)24(48)7-17)62-43(58)18-8-27(51)38(56)28(52)9-18/h1-13,15,33,36,40-42,45-57H,14H2/t33-,36-,40-,41-,42-/m1/s1. The smallest absolute Gasteiger partial charge is 0.338 e. The Morgan fingerprint density at radius 2 is 1.00 bits per heavy atom. The number of phenolic OH excluding ortho intramolecular Hbond substituents is 13. The summed E-state index contributed by atoms with van der Waals surface area (Å²) in [5.74, 6) is -13.8. The lowest BCUT2D eigenvalue weighted by molar-refractivity contribution is -0.0276. The molecule has 0 fully saturated rings. The summed E-state index contributed by atoms with van der Waals surface area (Å²) in [6.45, 7) is 0. The third-order valence-corrected chi connectivity index (χ3v) is 10.6. The fraction of sp³-hybridized carbons (Fsp3) is 0.136. The van der Waals surface area contributed by atoms with E-state index in [-0.39, 0.29) is 39.5 Å². The number of rotatable bonds is 7. The highest BCUT2D eigenvalue weighted by molar-refractivity contribution is 5.92. The van der Waals surface area contributed by atoms with Crippen LogP contribution in [0.4, 0.5) is 0 Å². The van der Waals surface area contributed by atoms with E-state index in [1.54, 1.807) is 0 Å². The Labute approximate surface area is 353 Å². The summed E-state index contributed by atoms with van der Waals surface area (Å²) in [5, 5.41) is 137. The van der Waals surface area contributed by atoms with Crippen molar-refractivity contribution in [3.8, 4) is 86.2 Å². The van der Waals surface area contributed by atoms with E-state index in [1.165, 1.54) is 30.3 Å². The number of phenols is 13. The molecule has 19 heteroatoms. The number of carbonyl (C=O) groups excluding carboxylic acids is 2. The summed E-state index contributed by atoms with van der Waals surface area (Å²) in [6, 6.07) is 15.1. The molecule has 0 aliphatic carbocycles. The Hall–Kier alpha value is -8.74. The molecule has 324 valence electrons. The van der Waals surface area contributed by atoms with Crippen molar-refractivity contribution in [3.05, 3.63) is 124 Å². The molecule has 2 aliphatic heterocycles. The minimum Gasteiger partial charge on any atom is -0.508 e. The molecule has 63 heavy (non-hydrogen) atoms. The molecule has 2 heterocycles. The van der Waals surface area contributed by atoms with E-state index < -0.39 is 134 Å². The van der Waals surface area contributed by atoms with E-state index in [0.29, 0.717) is 0 Å². The van der Waals surface area contributed by atoms with Crippen LogP contribution in [0, 0.1) is 0 Å². The van der Waals surface area contributed by atoms with Crippen molar-refractivity contribution < 1.29 is 94.9 Å². The molecule has 2 aliphatic rings. The highest BCUT2D eigenvalue weighted by Gasteiger charge is 2.48. The van der Waals surface area contributed by atoms with Gasteiger partial charge in [-0.3, -0.25) is 0 Å². The number of aromatic hydroxyl groups is 13. The molecule has 19 nitrogen and oxygen atoms in total. The fourth-order valence-corrected chi connectivity index (χ4v) is 7.68. The summed E-state index contributed by atoms with van der Waals surface area (Å²) in [6.07, 6.45) is -6.46. The lowest BCUT2D eigenvalue weighted by Crippen LogP contribution is -2.39. The Morgan fingerprint density at radius 1 is 0.460 bits per heavy atom. The van der Waals surface area contributed by atoms with Crippen molar-refractivity contribution in [2.24, 2.45) is 0 Å². The van der Waals surface area contributed by atoms with E-state index in [9.17, 15) is 76.0 Å². The quantitative estimate of drug-likeness (QED) is 0.0719. The van der Waals surface area contributed by atoms with E-state index in [0.717, 1.165) is 54.6 Å². The van der Waals surface area contributed by atoms with Crippen LogP contribution in [0.1, 0.15) is 66.7 Å². The second-order valence-electron chi connectivity index (χ2n) is 14.6. The molecule has 0 bridgehead atoms. The molecule has 6 aromatic rings. The van der Waals surface area contributed by atoms with Crippen LogP contribution in [0.3, 0.4) is 0 Å². The van der Waals surface area contributed by atoms with Gasteiger partial charge in [-0.1, -0.05) is 18.2 Å². The molecule has 8 rings (SSSR count). The maximum Gasteiger partial charge on any atom is 0.338 e. The number of hydrogen-bond acceptors (Lipinski definition) is 19. The monoisotopic (exact) mass is 866 g/mol. The summed E-state index contributed by atoms with van der Waals surface area (Å²) in [4.78, 5) is 27.5. The number of carbonyl (C=O) groups is 2. The zero-order valence-corrected chi connectivity index (χ0v) is 31.9. The highest BCUT2D eigenvalue weighted by atomic mass is 16.6. The average molecular weight is 867 g/mol. The van der Waals surface area contributed by atoms with Gasteiger partial charge in [-0.05, 0) is 54.1 Å². The number of benzene rings is 6. The summed E-state index contributed by atoms with van der Waals surface area (Å²) in [7, 11) is 0. The van der Waals surface area contributed by atoms with Crippen molar-refractivity contribution in [2.45, 2.75) is 36.8 Å². The first kappa shape index (κ1) is 41.0. The van der Waals surface area contributed by atoms with Gasteiger partial charge in [0.15, 0.2) is 64.3 Å². The third kappa shape index (κ3) is 7.32. The maximum absolute atomic E-state index is 13.9. The molecular formula is C44H34O19. The first-order valence-corrected chi connectivity index (χ1v) is 18.6. The van der Waals surface area contributed by atoms with Gasteiger partial charge in [0, 0.05) is 46.9 Å². The van der Waals surface area contributed by atoms with Gasteiger partial charge in [0.05, 0.1) is 17.0 Å². The maximum atomic E-state index is 13.9. The predicted octanol–water partition coefficient (Wildman–Crippen LogP) is 5.25. The molecule has 0 radical (unpaired) electrons. The van der Waals surface area contributed by atoms with Gasteiger partial charge in [0.1, 0.15) is 46.4 Å². The van der Waals surface area contributed by atoms with Gasteiger partial charge in [0.2, 0.25) is 0 Å². The van der Waals surface area contributed by atoms with Crippen LogP contribution in [0.15, 0.2) is 84.9 Å². The predicted molar refractivity (Wildman–Crippen MR) is 211 cm³/mol. The second-order valence-corrected chi connectivity index (χ2v) is 14.6. The molecule has 0 saturated heterocycles. The first-order valence-electron chi connectivity index (χ1n) is 18.6. The Balaban J connectivity index is 1.30. The molecule has 13 N–H and O–H groups in total. The highest BCUT2D eigenvalue weighted by Crippen LogP contribution is 2.57. The lowest BCUT2D eigenvalue weighted by Gasteiger charge is -2.41. The third-order valence-electron chi connectivity index (χ3n) is 10.6. The van der Waals surface area contributed by atoms with Crippen molar-refractivity contribution in [1.82, 2.24) is 0 Å². The van der Waals surface area contributed by atoms with E-state index in [2.05, 4.69) is 0 Å². The van der Waals surface area contributed by atoms with Crippen LogP contribution in [0.25, 0.3) is 0 Å². The van der Waals surface area contributed by atoms with Gasteiger partial charge in [-0.25, -0.2) is 9.59 Å².